The first-order valence-corrected chi connectivity index (χ1v) is 7.80. The van der Waals surface area contributed by atoms with Crippen LogP contribution in [-0.4, -0.2) is 15.1 Å². The third-order valence-corrected chi connectivity index (χ3v) is 4.80. The van der Waals surface area contributed by atoms with Crippen molar-refractivity contribution in [1.29, 1.82) is 0 Å². The van der Waals surface area contributed by atoms with E-state index in [-0.39, 0.29) is 0 Å². The van der Waals surface area contributed by atoms with Gasteiger partial charge in [-0.1, -0.05) is 20.8 Å². The summed E-state index contributed by atoms with van der Waals surface area (Å²) in [6.07, 6.45) is 6.24. The molecule has 3 heteroatoms. The highest BCUT2D eigenvalue weighted by atomic mass is 16.3. The normalized spacial score (nSPS) is 25.5. The van der Waals surface area contributed by atoms with Crippen LogP contribution in [0.3, 0.4) is 0 Å². The molecule has 112 valence electrons. The standard InChI is InChI=1S/C17H28N2O/c1-11-15(12(2)20)10-18-16(19-11)13-6-8-14(9-7-13)17(3,4)5/h10,12-14,20H,6-9H2,1-5H3/t12-,13?,14?/m0/s1. The second kappa shape index (κ2) is 5.80. The molecule has 1 aromatic rings. The van der Waals surface area contributed by atoms with Gasteiger partial charge in [-0.05, 0) is 50.9 Å². The van der Waals surface area contributed by atoms with Gasteiger partial charge in [0.15, 0.2) is 0 Å². The van der Waals surface area contributed by atoms with E-state index in [1.54, 1.807) is 13.1 Å². The molecule has 1 heterocycles. The van der Waals surface area contributed by atoms with Crippen LogP contribution in [0, 0.1) is 18.3 Å². The lowest BCUT2D eigenvalue weighted by atomic mass is 9.69. The Hall–Kier alpha value is -0.960. The van der Waals surface area contributed by atoms with Crippen molar-refractivity contribution in [2.75, 3.05) is 0 Å². The van der Waals surface area contributed by atoms with Crippen molar-refractivity contribution in [2.45, 2.75) is 72.3 Å². The Balaban J connectivity index is 2.06. The van der Waals surface area contributed by atoms with Crippen LogP contribution < -0.4 is 0 Å². The van der Waals surface area contributed by atoms with Gasteiger partial charge in [0.1, 0.15) is 5.82 Å². The van der Waals surface area contributed by atoms with Gasteiger partial charge in [-0.3, -0.25) is 0 Å². The lowest BCUT2D eigenvalue weighted by Crippen LogP contribution is -2.26. The van der Waals surface area contributed by atoms with Crippen LogP contribution in [0.25, 0.3) is 0 Å². The van der Waals surface area contributed by atoms with Crippen molar-refractivity contribution >= 4 is 0 Å². The number of nitrogens with zero attached hydrogens (tertiary/aromatic N) is 2. The predicted molar refractivity (Wildman–Crippen MR) is 81.6 cm³/mol. The van der Waals surface area contributed by atoms with Crippen molar-refractivity contribution in [3.05, 3.63) is 23.3 Å². The topological polar surface area (TPSA) is 46.0 Å². The molecule has 0 spiro atoms. The van der Waals surface area contributed by atoms with Crippen molar-refractivity contribution in [1.82, 2.24) is 9.97 Å². The van der Waals surface area contributed by atoms with Crippen LogP contribution in [0.1, 0.15) is 82.5 Å². The number of hydrogen-bond donors (Lipinski definition) is 1. The third kappa shape index (κ3) is 3.38. The Labute approximate surface area is 122 Å². The number of aliphatic hydroxyl groups excluding tert-OH is 1. The second-order valence-electron chi connectivity index (χ2n) is 7.36. The molecule has 3 nitrogen and oxygen atoms in total. The lowest BCUT2D eigenvalue weighted by molar-refractivity contribution is 0.167. The van der Waals surface area contributed by atoms with Crippen molar-refractivity contribution in [2.24, 2.45) is 11.3 Å². The van der Waals surface area contributed by atoms with Gasteiger partial charge in [0.05, 0.1) is 6.10 Å². The predicted octanol–water partition coefficient (Wildman–Crippen LogP) is 4.16. The SMILES string of the molecule is Cc1nc(C2CCC(C(C)(C)C)CC2)ncc1[C@H](C)O. The van der Waals surface area contributed by atoms with Gasteiger partial charge in [0.2, 0.25) is 0 Å². The minimum Gasteiger partial charge on any atom is -0.389 e. The zero-order valence-corrected chi connectivity index (χ0v) is 13.5. The highest BCUT2D eigenvalue weighted by molar-refractivity contribution is 5.19. The molecule has 0 aliphatic heterocycles. The summed E-state index contributed by atoms with van der Waals surface area (Å²) in [5, 5.41) is 9.65. The summed E-state index contributed by atoms with van der Waals surface area (Å²) in [4.78, 5) is 9.13. The van der Waals surface area contributed by atoms with Crippen LogP contribution in [-0.2, 0) is 0 Å². The van der Waals surface area contributed by atoms with E-state index in [9.17, 15) is 5.11 Å². The average molecular weight is 276 g/mol. The number of rotatable bonds is 2. The van der Waals surface area contributed by atoms with Crippen LogP contribution in [0.2, 0.25) is 0 Å². The number of hydrogen-bond acceptors (Lipinski definition) is 3. The van der Waals surface area contributed by atoms with Crippen LogP contribution >= 0.6 is 0 Å². The summed E-state index contributed by atoms with van der Waals surface area (Å²) < 4.78 is 0. The van der Waals surface area contributed by atoms with Crippen molar-refractivity contribution < 1.29 is 5.11 Å². The number of aryl methyl sites for hydroxylation is 1. The fourth-order valence-corrected chi connectivity index (χ4v) is 3.32. The van der Waals surface area contributed by atoms with Crippen LogP contribution in [0.5, 0.6) is 0 Å². The number of aromatic nitrogens is 2. The van der Waals surface area contributed by atoms with E-state index in [2.05, 4.69) is 30.7 Å². The molecule has 1 atom stereocenters. The van der Waals surface area contributed by atoms with Gasteiger partial charge in [-0.25, -0.2) is 9.97 Å². The van der Waals surface area contributed by atoms with E-state index in [4.69, 9.17) is 0 Å². The van der Waals surface area contributed by atoms with Crippen molar-refractivity contribution in [3.63, 3.8) is 0 Å². The van der Waals surface area contributed by atoms with E-state index >= 15 is 0 Å². The fraction of sp³-hybridized carbons (Fsp3) is 0.765. The Morgan fingerprint density at radius 1 is 1.20 bits per heavy atom. The monoisotopic (exact) mass is 276 g/mol. The number of aliphatic hydroxyl groups is 1. The first-order valence-electron chi connectivity index (χ1n) is 7.80. The van der Waals surface area contributed by atoms with Crippen LogP contribution in [0.4, 0.5) is 0 Å². The van der Waals surface area contributed by atoms with Gasteiger partial charge in [-0.2, -0.15) is 0 Å². The van der Waals surface area contributed by atoms with Gasteiger partial charge < -0.3 is 5.11 Å². The minimum atomic E-state index is -0.485. The molecule has 2 rings (SSSR count). The molecule has 1 saturated carbocycles. The molecule has 1 aliphatic rings. The second-order valence-corrected chi connectivity index (χ2v) is 7.36. The van der Waals surface area contributed by atoms with Gasteiger partial charge in [0.25, 0.3) is 0 Å². The summed E-state index contributed by atoms with van der Waals surface area (Å²) >= 11 is 0. The highest BCUT2D eigenvalue weighted by Gasteiger charge is 2.31. The molecular formula is C17H28N2O. The Bertz CT molecular complexity index is 455. The van der Waals surface area contributed by atoms with Crippen LogP contribution in [0.15, 0.2) is 6.20 Å². The summed E-state index contributed by atoms with van der Waals surface area (Å²) in [5.41, 5.74) is 2.18. The van der Waals surface area contributed by atoms with E-state index in [1.165, 1.54) is 25.7 Å². The summed E-state index contributed by atoms with van der Waals surface area (Å²) in [7, 11) is 0. The first kappa shape index (κ1) is 15.4. The molecule has 20 heavy (non-hydrogen) atoms. The third-order valence-electron chi connectivity index (χ3n) is 4.80. The molecular weight excluding hydrogens is 248 g/mol. The van der Waals surface area contributed by atoms with Gasteiger partial charge >= 0.3 is 0 Å². The zero-order chi connectivity index (χ0) is 14.9. The molecule has 1 fully saturated rings. The minimum absolute atomic E-state index is 0.415. The Kier molecular flexibility index (Phi) is 4.48. The first-order chi connectivity index (χ1) is 9.29. The quantitative estimate of drug-likeness (QED) is 0.882. The average Bonchev–Trinajstić information content (AvgIpc) is 2.37. The van der Waals surface area contributed by atoms with E-state index in [1.807, 2.05) is 6.92 Å². The largest absolute Gasteiger partial charge is 0.389 e. The maximum Gasteiger partial charge on any atom is 0.131 e. The smallest absolute Gasteiger partial charge is 0.131 e. The molecule has 0 aromatic carbocycles. The molecule has 1 N–H and O–H groups in total. The summed E-state index contributed by atoms with van der Waals surface area (Å²) in [6.45, 7) is 10.8. The summed E-state index contributed by atoms with van der Waals surface area (Å²) in [6, 6.07) is 0. The fourth-order valence-electron chi connectivity index (χ4n) is 3.32. The molecule has 0 saturated heterocycles. The van der Waals surface area contributed by atoms with Gasteiger partial charge in [-0.15, -0.1) is 0 Å². The van der Waals surface area contributed by atoms with E-state index in [0.29, 0.717) is 11.3 Å². The molecule has 1 aromatic heterocycles. The maximum atomic E-state index is 9.65. The Morgan fingerprint density at radius 3 is 2.25 bits per heavy atom. The lowest BCUT2D eigenvalue weighted by Gasteiger charge is -2.36. The van der Waals surface area contributed by atoms with Crippen molar-refractivity contribution in [3.8, 4) is 0 Å². The Morgan fingerprint density at radius 2 is 1.80 bits per heavy atom. The molecule has 1 aliphatic carbocycles. The molecule has 0 radical (unpaired) electrons. The van der Waals surface area contributed by atoms with E-state index < -0.39 is 6.10 Å². The summed E-state index contributed by atoms with van der Waals surface area (Å²) in [5.74, 6) is 2.28. The molecule has 0 amide bonds. The molecule has 0 bridgehead atoms. The van der Waals surface area contributed by atoms with Gasteiger partial charge in [0, 0.05) is 23.4 Å². The highest BCUT2D eigenvalue weighted by Crippen LogP contribution is 2.42. The zero-order valence-electron chi connectivity index (χ0n) is 13.5. The maximum absolute atomic E-state index is 9.65. The van der Waals surface area contributed by atoms with E-state index in [0.717, 1.165) is 23.0 Å². The molecule has 0 unspecified atom stereocenters.